The molecule has 0 aliphatic carbocycles. The third-order valence-corrected chi connectivity index (χ3v) is 6.88. The summed E-state index contributed by atoms with van der Waals surface area (Å²) >= 11 is 1.44. The Morgan fingerprint density at radius 1 is 1.16 bits per heavy atom. The molecule has 1 saturated heterocycles. The molecule has 1 aromatic carbocycles. The van der Waals surface area contributed by atoms with Gasteiger partial charge in [-0.05, 0) is 56.0 Å². The van der Waals surface area contributed by atoms with Crippen molar-refractivity contribution in [2.75, 3.05) is 6.54 Å². The van der Waals surface area contributed by atoms with Crippen molar-refractivity contribution in [2.45, 2.75) is 38.6 Å². The van der Waals surface area contributed by atoms with Gasteiger partial charge >= 0.3 is 0 Å². The van der Waals surface area contributed by atoms with Crippen LogP contribution < -0.4 is 0 Å². The molecule has 8 heteroatoms. The van der Waals surface area contributed by atoms with Gasteiger partial charge in [-0.2, -0.15) is 0 Å². The van der Waals surface area contributed by atoms with Gasteiger partial charge in [0.25, 0.3) is 5.91 Å². The Bertz CT molecular complexity index is 1280. The summed E-state index contributed by atoms with van der Waals surface area (Å²) in [6.45, 7) is 2.51. The third kappa shape index (κ3) is 3.90. The predicted molar refractivity (Wildman–Crippen MR) is 120 cm³/mol. The van der Waals surface area contributed by atoms with E-state index >= 15 is 0 Å². The molecular weight excluding hydrogens is 430 g/mol. The van der Waals surface area contributed by atoms with Gasteiger partial charge < -0.3 is 9.30 Å². The number of hydrogen-bond donors (Lipinski definition) is 0. The number of aryl methyl sites for hydroxylation is 1. The fourth-order valence-electron chi connectivity index (χ4n) is 4.35. The molecule has 4 aromatic rings. The number of likely N-dealkylation sites (tertiary alicyclic amines) is 1. The van der Waals surface area contributed by atoms with Crippen molar-refractivity contribution >= 4 is 22.9 Å². The van der Waals surface area contributed by atoms with Crippen LogP contribution in [0.3, 0.4) is 0 Å². The Morgan fingerprint density at radius 3 is 2.75 bits per heavy atom. The number of carbonyl (C=O) groups excluding carboxylic acids is 1. The van der Waals surface area contributed by atoms with Gasteiger partial charge in [-0.25, -0.2) is 18.7 Å². The van der Waals surface area contributed by atoms with Gasteiger partial charge in [-0.1, -0.05) is 12.1 Å². The molecule has 5 rings (SSSR count). The van der Waals surface area contributed by atoms with E-state index in [1.54, 1.807) is 28.8 Å². The number of halogens is 2. The van der Waals surface area contributed by atoms with Crippen molar-refractivity contribution in [3.05, 3.63) is 76.8 Å². The molecule has 1 aliphatic rings. The Labute approximate surface area is 188 Å². The van der Waals surface area contributed by atoms with E-state index in [1.165, 1.54) is 29.5 Å². The molecule has 3 aromatic heterocycles. The zero-order valence-corrected chi connectivity index (χ0v) is 18.4. The Hall–Kier alpha value is -3.13. The van der Waals surface area contributed by atoms with Crippen LogP contribution in [0.25, 0.3) is 16.1 Å². The van der Waals surface area contributed by atoms with Crippen molar-refractivity contribution in [3.8, 4) is 10.4 Å². The number of hydrogen-bond acceptors (Lipinski definition) is 4. The zero-order chi connectivity index (χ0) is 22.2. The summed E-state index contributed by atoms with van der Waals surface area (Å²) < 4.78 is 29.1. The molecular formula is C24H22F2N4OS. The maximum absolute atomic E-state index is 14.1. The van der Waals surface area contributed by atoms with Gasteiger partial charge in [0.2, 0.25) is 0 Å². The number of amides is 1. The number of imidazole rings is 1. The lowest BCUT2D eigenvalue weighted by molar-refractivity contribution is 0.0608. The predicted octanol–water partition coefficient (Wildman–Crippen LogP) is 5.28. The van der Waals surface area contributed by atoms with E-state index in [2.05, 4.69) is 9.97 Å². The minimum Gasteiger partial charge on any atom is -0.334 e. The summed E-state index contributed by atoms with van der Waals surface area (Å²) in [7, 11) is 0. The summed E-state index contributed by atoms with van der Waals surface area (Å²) in [6.07, 6.45) is 6.96. The number of rotatable bonds is 4. The van der Waals surface area contributed by atoms with E-state index < -0.39 is 0 Å². The minimum absolute atomic E-state index is 0.0349. The van der Waals surface area contributed by atoms with Gasteiger partial charge in [-0.3, -0.25) is 4.79 Å². The van der Waals surface area contributed by atoms with E-state index in [4.69, 9.17) is 0 Å². The van der Waals surface area contributed by atoms with Crippen LogP contribution in [-0.2, 0) is 6.42 Å². The minimum atomic E-state index is -0.364. The number of aromatic nitrogens is 3. The Balaban J connectivity index is 1.44. The van der Waals surface area contributed by atoms with E-state index in [0.29, 0.717) is 24.3 Å². The molecule has 1 atom stereocenters. The lowest BCUT2D eigenvalue weighted by atomic mass is 9.97. The highest BCUT2D eigenvalue weighted by molar-refractivity contribution is 7.15. The Morgan fingerprint density at radius 2 is 1.97 bits per heavy atom. The smallest absolute Gasteiger partial charge is 0.274 e. The molecule has 0 bridgehead atoms. The average Bonchev–Trinajstić information content (AvgIpc) is 3.38. The van der Waals surface area contributed by atoms with E-state index in [1.807, 2.05) is 18.0 Å². The highest BCUT2D eigenvalue weighted by Gasteiger charge is 2.31. The summed E-state index contributed by atoms with van der Waals surface area (Å²) in [4.78, 5) is 25.2. The fraction of sp³-hybridized carbons (Fsp3) is 0.292. The van der Waals surface area contributed by atoms with Crippen LogP contribution >= 0.6 is 11.3 Å². The second kappa shape index (κ2) is 8.43. The summed E-state index contributed by atoms with van der Waals surface area (Å²) in [5, 5.41) is 0.789. The van der Waals surface area contributed by atoms with Crippen molar-refractivity contribution in [1.29, 1.82) is 0 Å². The quantitative estimate of drug-likeness (QED) is 0.423. The maximum Gasteiger partial charge on any atom is 0.274 e. The largest absolute Gasteiger partial charge is 0.334 e. The van der Waals surface area contributed by atoms with Gasteiger partial charge in [0, 0.05) is 31.4 Å². The van der Waals surface area contributed by atoms with Gasteiger partial charge in [0.05, 0.1) is 15.6 Å². The first-order chi connectivity index (χ1) is 15.5. The van der Waals surface area contributed by atoms with E-state index in [9.17, 15) is 13.6 Å². The SMILES string of the molecule is Cc1nc(C(=O)N2CCCC[C@H]2Cc2cn3cccc(F)c3n2)c(-c2ccc(F)cc2)s1. The van der Waals surface area contributed by atoms with Crippen molar-refractivity contribution in [2.24, 2.45) is 0 Å². The molecule has 1 aliphatic heterocycles. The molecule has 1 amide bonds. The standard InChI is InChI=1S/C24H22F2N4OS/c1-15-27-21(22(32-15)16-7-9-17(25)10-8-16)24(31)30-12-3-2-5-19(30)13-18-14-29-11-4-6-20(26)23(29)28-18/h4,6-11,14,19H,2-3,5,12-13H2,1H3/t19-/m0/s1. The number of pyridine rings is 1. The normalized spacial score (nSPS) is 16.6. The molecule has 0 spiro atoms. The molecule has 164 valence electrons. The lowest BCUT2D eigenvalue weighted by Gasteiger charge is -2.35. The van der Waals surface area contributed by atoms with Crippen LogP contribution in [0.2, 0.25) is 0 Å². The summed E-state index contributed by atoms with van der Waals surface area (Å²) in [5.41, 5.74) is 2.25. The summed E-state index contributed by atoms with van der Waals surface area (Å²) in [5.74, 6) is -0.798. The van der Waals surface area contributed by atoms with Crippen LogP contribution in [0.4, 0.5) is 8.78 Å². The average molecular weight is 453 g/mol. The Kier molecular flexibility index (Phi) is 5.46. The van der Waals surface area contributed by atoms with Crippen LogP contribution in [0.1, 0.15) is 40.5 Å². The van der Waals surface area contributed by atoms with Crippen LogP contribution in [-0.4, -0.2) is 37.8 Å². The van der Waals surface area contributed by atoms with Crippen molar-refractivity contribution in [3.63, 3.8) is 0 Å². The van der Waals surface area contributed by atoms with Gasteiger partial charge in [0.1, 0.15) is 11.5 Å². The first kappa shape index (κ1) is 20.8. The lowest BCUT2D eigenvalue weighted by Crippen LogP contribution is -2.45. The number of nitrogens with zero attached hydrogens (tertiary/aromatic N) is 4. The van der Waals surface area contributed by atoms with Gasteiger partial charge in [0.15, 0.2) is 11.5 Å². The van der Waals surface area contributed by atoms with Crippen LogP contribution in [0, 0.1) is 18.6 Å². The molecule has 0 saturated carbocycles. The first-order valence-electron chi connectivity index (χ1n) is 10.7. The third-order valence-electron chi connectivity index (χ3n) is 5.86. The zero-order valence-electron chi connectivity index (χ0n) is 17.6. The molecule has 4 heterocycles. The highest BCUT2D eigenvalue weighted by atomic mass is 32.1. The number of benzene rings is 1. The number of piperidine rings is 1. The molecule has 0 unspecified atom stereocenters. The second-order valence-corrected chi connectivity index (χ2v) is 9.29. The monoisotopic (exact) mass is 452 g/mol. The van der Waals surface area contributed by atoms with E-state index in [-0.39, 0.29) is 23.6 Å². The summed E-state index contributed by atoms with van der Waals surface area (Å²) in [6, 6.07) is 9.15. The van der Waals surface area contributed by atoms with Gasteiger partial charge in [-0.15, -0.1) is 11.3 Å². The van der Waals surface area contributed by atoms with Crippen molar-refractivity contribution < 1.29 is 13.6 Å². The van der Waals surface area contributed by atoms with E-state index in [0.717, 1.165) is 40.4 Å². The fourth-order valence-corrected chi connectivity index (χ4v) is 5.27. The molecule has 0 N–H and O–H groups in total. The topological polar surface area (TPSA) is 50.5 Å². The number of carbonyl (C=O) groups is 1. The highest BCUT2D eigenvalue weighted by Crippen LogP contribution is 2.33. The molecule has 32 heavy (non-hydrogen) atoms. The maximum atomic E-state index is 14.1. The second-order valence-electron chi connectivity index (χ2n) is 8.09. The van der Waals surface area contributed by atoms with Crippen LogP contribution in [0.5, 0.6) is 0 Å². The van der Waals surface area contributed by atoms with Crippen molar-refractivity contribution in [1.82, 2.24) is 19.3 Å². The number of thiazole rings is 1. The molecule has 0 radical (unpaired) electrons. The molecule has 5 nitrogen and oxygen atoms in total. The first-order valence-corrected chi connectivity index (χ1v) is 11.5. The van der Waals surface area contributed by atoms with Crippen LogP contribution in [0.15, 0.2) is 48.8 Å². The number of fused-ring (bicyclic) bond motifs is 1. The molecule has 1 fully saturated rings.